The van der Waals surface area contributed by atoms with Crippen molar-refractivity contribution in [1.82, 2.24) is 9.47 Å². The summed E-state index contributed by atoms with van der Waals surface area (Å²) in [5.41, 5.74) is 5.98. The Morgan fingerprint density at radius 1 is 1.41 bits per heavy atom. The number of fused-ring (bicyclic) bond motifs is 1. The fraction of sp³-hybridized carbons (Fsp3) is 0.263. The minimum absolute atomic E-state index is 0. The lowest BCUT2D eigenvalue weighted by Crippen LogP contribution is -2.41. The van der Waals surface area contributed by atoms with E-state index >= 15 is 0 Å². The van der Waals surface area contributed by atoms with Crippen molar-refractivity contribution < 1.29 is 14.3 Å². The zero-order valence-corrected chi connectivity index (χ0v) is 16.9. The molecule has 2 aromatic rings. The van der Waals surface area contributed by atoms with Crippen LogP contribution in [0.15, 0.2) is 27.9 Å². The third-order valence-electron chi connectivity index (χ3n) is 4.18. The lowest BCUT2D eigenvalue weighted by molar-refractivity contribution is -0.133. The maximum Gasteiger partial charge on any atom is 0.332 e. The van der Waals surface area contributed by atoms with Crippen molar-refractivity contribution in [1.29, 1.82) is 5.26 Å². The van der Waals surface area contributed by atoms with Gasteiger partial charge in [0, 0.05) is 25.0 Å². The van der Waals surface area contributed by atoms with Gasteiger partial charge < -0.3 is 15.4 Å². The number of rotatable bonds is 3. The van der Waals surface area contributed by atoms with Crippen molar-refractivity contribution in [3.05, 3.63) is 47.5 Å². The average Bonchev–Trinajstić information content (AvgIpc) is 3.29. The van der Waals surface area contributed by atoms with E-state index in [2.05, 4.69) is 10.8 Å². The van der Waals surface area contributed by atoms with E-state index in [1.165, 1.54) is 23.3 Å². The van der Waals surface area contributed by atoms with E-state index in [1.807, 2.05) is 17.5 Å². The Morgan fingerprint density at radius 2 is 2.10 bits per heavy atom. The van der Waals surface area contributed by atoms with Crippen molar-refractivity contribution >= 4 is 52.0 Å². The number of amides is 1. The fourth-order valence-corrected chi connectivity index (χ4v) is 4.87. The third-order valence-corrected chi connectivity index (χ3v) is 6.23. The van der Waals surface area contributed by atoms with E-state index in [0.29, 0.717) is 4.66 Å². The minimum Gasteiger partial charge on any atom is -0.466 e. The van der Waals surface area contributed by atoms with Gasteiger partial charge in [0.05, 0.1) is 30.2 Å². The Kier molecular flexibility index (Phi) is 6.46. The molecule has 1 atom stereocenters. The molecule has 8 nitrogen and oxygen atoms in total. The van der Waals surface area contributed by atoms with Gasteiger partial charge in [-0.1, -0.05) is 13.5 Å². The van der Waals surface area contributed by atoms with E-state index in [0.717, 1.165) is 26.9 Å². The van der Waals surface area contributed by atoms with Crippen molar-refractivity contribution in [2.24, 2.45) is 5.73 Å². The lowest BCUT2D eigenvalue weighted by Gasteiger charge is -2.25. The predicted molar refractivity (Wildman–Crippen MR) is 113 cm³/mol. The van der Waals surface area contributed by atoms with Crippen LogP contribution in [0.1, 0.15) is 18.2 Å². The number of nitriles is 1. The molecular weight excluding hydrogens is 412 g/mol. The average molecular weight is 433 g/mol. The van der Waals surface area contributed by atoms with E-state index in [-0.39, 0.29) is 34.8 Å². The Balaban J connectivity index is 0.00000300. The first-order chi connectivity index (χ1) is 13.3. The molecule has 2 N–H and O–H groups in total. The molecule has 0 radical (unpaired) electrons. The van der Waals surface area contributed by atoms with Gasteiger partial charge in [-0.15, -0.1) is 22.7 Å². The molecule has 152 valence electrons. The molecule has 0 fully saturated rings. The van der Waals surface area contributed by atoms with Gasteiger partial charge in [0.1, 0.15) is 15.0 Å². The quantitative estimate of drug-likeness (QED) is 0.695. The number of carbonyl (C=O) groups is 2. The number of thiazole rings is 1. The number of hydrogen-bond acceptors (Lipinski definition) is 8. The Morgan fingerprint density at radius 3 is 2.62 bits per heavy atom. The highest BCUT2D eigenvalue weighted by Crippen LogP contribution is 2.38. The summed E-state index contributed by atoms with van der Waals surface area (Å²) >= 11 is 2.35. The first-order valence-electron chi connectivity index (χ1n) is 8.02. The van der Waals surface area contributed by atoms with Crippen LogP contribution in [0.4, 0.5) is 0 Å². The number of nitrogens with two attached hydrogens (primary N) is 1. The summed E-state index contributed by atoms with van der Waals surface area (Å²) in [5.74, 6) is -1.78. The van der Waals surface area contributed by atoms with Gasteiger partial charge in [-0.3, -0.25) is 14.2 Å². The number of nitrogens with zero attached hydrogens (tertiary/aromatic N) is 3. The molecule has 1 aliphatic rings. The maximum atomic E-state index is 13.0. The van der Waals surface area contributed by atoms with E-state index in [4.69, 9.17) is 5.73 Å². The number of allylic oxidation sites excluding steroid dienone is 1. The first kappa shape index (κ1) is 22.1. The summed E-state index contributed by atoms with van der Waals surface area (Å²) in [6.07, 6.45) is 1.05. The topological polar surface area (TPSA) is 118 Å². The molecule has 0 saturated carbocycles. The SMILES string of the molecule is C.COC(=O)/C=c1\sc2n(c1=O)C(N)=C(C#N)C(c1cccs1)C=2C(=O)N(C)C. The van der Waals surface area contributed by atoms with Crippen LogP contribution in [0, 0.1) is 11.3 Å². The summed E-state index contributed by atoms with van der Waals surface area (Å²) in [5, 5.41) is 11.6. The second-order valence-corrected chi connectivity index (χ2v) is 8.06. The second kappa shape index (κ2) is 8.46. The van der Waals surface area contributed by atoms with Crippen LogP contribution in [0.3, 0.4) is 0 Å². The summed E-state index contributed by atoms with van der Waals surface area (Å²) < 4.78 is 6.08. The van der Waals surface area contributed by atoms with Crippen LogP contribution in [-0.2, 0) is 14.3 Å². The van der Waals surface area contributed by atoms with Crippen molar-refractivity contribution in [2.75, 3.05) is 21.2 Å². The zero-order valence-electron chi connectivity index (χ0n) is 15.3. The van der Waals surface area contributed by atoms with Gasteiger partial charge in [0.25, 0.3) is 11.5 Å². The number of aromatic nitrogens is 1. The van der Waals surface area contributed by atoms with Crippen LogP contribution in [-0.4, -0.2) is 42.5 Å². The van der Waals surface area contributed by atoms with E-state index < -0.39 is 17.4 Å². The highest BCUT2D eigenvalue weighted by Gasteiger charge is 2.36. The monoisotopic (exact) mass is 432 g/mol. The molecule has 1 unspecified atom stereocenters. The molecule has 0 saturated heterocycles. The van der Waals surface area contributed by atoms with Gasteiger partial charge in [-0.25, -0.2) is 4.79 Å². The summed E-state index contributed by atoms with van der Waals surface area (Å²) in [6, 6.07) is 5.68. The van der Waals surface area contributed by atoms with Crippen LogP contribution in [0.2, 0.25) is 0 Å². The van der Waals surface area contributed by atoms with Gasteiger partial charge in [-0.05, 0) is 11.4 Å². The molecule has 3 rings (SSSR count). The molecule has 1 amide bonds. The normalized spacial score (nSPS) is 16.0. The van der Waals surface area contributed by atoms with Gasteiger partial charge >= 0.3 is 5.97 Å². The van der Waals surface area contributed by atoms with Gasteiger partial charge in [0.15, 0.2) is 0 Å². The first-order valence-corrected chi connectivity index (χ1v) is 9.72. The number of esters is 1. The summed E-state index contributed by atoms with van der Waals surface area (Å²) in [4.78, 5) is 39.7. The van der Waals surface area contributed by atoms with Gasteiger partial charge in [-0.2, -0.15) is 5.26 Å². The van der Waals surface area contributed by atoms with E-state index in [1.54, 1.807) is 14.1 Å². The van der Waals surface area contributed by atoms with Crippen LogP contribution < -0.4 is 20.5 Å². The maximum absolute atomic E-state index is 13.0. The molecule has 0 aliphatic carbocycles. The second-order valence-electron chi connectivity index (χ2n) is 6.05. The molecule has 29 heavy (non-hydrogen) atoms. The zero-order chi connectivity index (χ0) is 20.6. The van der Waals surface area contributed by atoms with E-state index in [9.17, 15) is 19.6 Å². The van der Waals surface area contributed by atoms with Crippen LogP contribution in [0.25, 0.3) is 17.5 Å². The van der Waals surface area contributed by atoms with Gasteiger partial charge in [0.2, 0.25) is 0 Å². The Hall–Kier alpha value is -3.16. The standard InChI is InChI=1S/C18H16N4O4S2.CH4/c1-21(2)17(25)14-13(10-5-4-6-27-10)9(8-19)15(20)22-16(24)11(28-18(14)22)7-12(23)26-3;/h4-7,13H,20H2,1-3H3;1H4/b11-7-;. The largest absolute Gasteiger partial charge is 0.466 e. The number of methoxy groups -OCH3 is 1. The summed E-state index contributed by atoms with van der Waals surface area (Å²) in [7, 11) is 4.38. The predicted octanol–water partition coefficient (Wildman–Crippen LogP) is 0.248. The fourth-order valence-electron chi connectivity index (χ4n) is 2.90. The van der Waals surface area contributed by atoms with Crippen molar-refractivity contribution in [3.8, 4) is 6.07 Å². The van der Waals surface area contributed by atoms with Crippen molar-refractivity contribution in [2.45, 2.75) is 13.3 Å². The molecule has 0 aromatic carbocycles. The highest BCUT2D eigenvalue weighted by atomic mass is 32.1. The van der Waals surface area contributed by atoms with Crippen LogP contribution >= 0.6 is 22.7 Å². The number of ether oxygens (including phenoxy) is 1. The summed E-state index contributed by atoms with van der Waals surface area (Å²) in [6.45, 7) is 0. The molecular formula is C19H20N4O4S2. The molecule has 0 spiro atoms. The van der Waals surface area contributed by atoms with Crippen LogP contribution in [0.5, 0.6) is 0 Å². The number of carbonyl (C=O) groups excluding carboxylic acids is 2. The molecule has 1 aliphatic heterocycles. The third kappa shape index (κ3) is 3.62. The number of thiophene rings is 1. The van der Waals surface area contributed by atoms with Crippen molar-refractivity contribution in [3.63, 3.8) is 0 Å². The Bertz CT molecular complexity index is 1210. The molecule has 3 heterocycles. The molecule has 10 heteroatoms. The lowest BCUT2D eigenvalue weighted by atomic mass is 9.88. The number of hydrogen-bond donors (Lipinski definition) is 1. The highest BCUT2D eigenvalue weighted by molar-refractivity contribution is 7.10. The molecule has 2 aromatic heterocycles. The Labute approximate surface area is 175 Å². The smallest absolute Gasteiger partial charge is 0.332 e. The minimum atomic E-state index is -0.699. The molecule has 0 bridgehead atoms.